The van der Waals surface area contributed by atoms with Crippen LogP contribution in [0.2, 0.25) is 0 Å². The van der Waals surface area contributed by atoms with Gasteiger partial charge in [0.15, 0.2) is 0 Å². The first-order valence-electron chi connectivity index (χ1n) is 6.34. The molecule has 20 heavy (non-hydrogen) atoms. The number of hydrogen-bond donors (Lipinski definition) is 0. The van der Waals surface area contributed by atoms with Crippen LogP contribution in [0.5, 0.6) is 0 Å². The Morgan fingerprint density at radius 2 is 2.20 bits per heavy atom. The van der Waals surface area contributed by atoms with E-state index in [1.807, 2.05) is 17.5 Å². The summed E-state index contributed by atoms with van der Waals surface area (Å²) in [6.07, 6.45) is 1.91. The number of thiophene rings is 1. The lowest BCUT2D eigenvalue weighted by Crippen LogP contribution is -2.31. The van der Waals surface area contributed by atoms with E-state index in [0.717, 1.165) is 4.88 Å². The standard InChI is InChI=1S/C16H16FNOS/c1-2-8-18(12-15-7-4-9-20-15)16(19)11-13-5-3-6-14(17)10-13/h2-7,9-10H,1,8,11-12H2. The third-order valence-corrected chi connectivity index (χ3v) is 3.73. The SMILES string of the molecule is C=CCN(Cc1cccs1)C(=O)Cc1cccc(F)c1. The second kappa shape index (κ2) is 7.01. The molecule has 4 heteroatoms. The highest BCUT2D eigenvalue weighted by atomic mass is 32.1. The Labute approximate surface area is 122 Å². The van der Waals surface area contributed by atoms with Crippen molar-refractivity contribution in [2.45, 2.75) is 13.0 Å². The maximum atomic E-state index is 13.1. The van der Waals surface area contributed by atoms with Gasteiger partial charge in [-0.3, -0.25) is 4.79 Å². The van der Waals surface area contributed by atoms with E-state index in [1.54, 1.807) is 34.4 Å². The lowest BCUT2D eigenvalue weighted by Gasteiger charge is -2.20. The normalized spacial score (nSPS) is 10.2. The van der Waals surface area contributed by atoms with Crippen molar-refractivity contribution in [1.29, 1.82) is 0 Å². The molecule has 104 valence electrons. The van der Waals surface area contributed by atoms with Crippen molar-refractivity contribution in [3.05, 3.63) is 70.7 Å². The molecule has 0 aliphatic heterocycles. The number of rotatable bonds is 6. The minimum absolute atomic E-state index is 0.0242. The summed E-state index contributed by atoms with van der Waals surface area (Å²) in [5.41, 5.74) is 0.690. The van der Waals surface area contributed by atoms with Gasteiger partial charge in [-0.2, -0.15) is 0 Å². The van der Waals surface area contributed by atoms with Crippen LogP contribution in [-0.4, -0.2) is 17.4 Å². The van der Waals surface area contributed by atoms with E-state index in [0.29, 0.717) is 18.7 Å². The highest BCUT2D eigenvalue weighted by molar-refractivity contribution is 7.09. The van der Waals surface area contributed by atoms with E-state index < -0.39 is 0 Å². The second-order valence-corrected chi connectivity index (χ2v) is 5.48. The van der Waals surface area contributed by atoms with E-state index in [-0.39, 0.29) is 18.1 Å². The molecule has 1 heterocycles. The lowest BCUT2D eigenvalue weighted by molar-refractivity contribution is -0.130. The zero-order chi connectivity index (χ0) is 14.4. The molecule has 1 amide bonds. The molecule has 0 saturated carbocycles. The van der Waals surface area contributed by atoms with Crippen LogP contribution in [0.1, 0.15) is 10.4 Å². The van der Waals surface area contributed by atoms with E-state index >= 15 is 0 Å². The molecule has 0 atom stereocenters. The van der Waals surface area contributed by atoms with E-state index in [4.69, 9.17) is 0 Å². The molecular weight excluding hydrogens is 273 g/mol. The highest BCUT2D eigenvalue weighted by Gasteiger charge is 2.14. The summed E-state index contributed by atoms with van der Waals surface area (Å²) >= 11 is 1.62. The molecule has 0 unspecified atom stereocenters. The fourth-order valence-electron chi connectivity index (χ4n) is 1.93. The van der Waals surface area contributed by atoms with Crippen LogP contribution in [0.15, 0.2) is 54.4 Å². The number of carbonyl (C=O) groups is 1. The average Bonchev–Trinajstić information content (AvgIpc) is 2.91. The summed E-state index contributed by atoms with van der Waals surface area (Å²) in [6.45, 7) is 4.74. The summed E-state index contributed by atoms with van der Waals surface area (Å²) in [5, 5.41) is 1.98. The first-order chi connectivity index (χ1) is 9.69. The summed E-state index contributed by atoms with van der Waals surface area (Å²) in [5.74, 6) is -0.340. The Morgan fingerprint density at radius 1 is 1.35 bits per heavy atom. The van der Waals surface area contributed by atoms with Gasteiger partial charge >= 0.3 is 0 Å². The number of halogens is 1. The predicted molar refractivity (Wildman–Crippen MR) is 80.0 cm³/mol. The third kappa shape index (κ3) is 4.03. The van der Waals surface area contributed by atoms with Gasteiger partial charge in [0.05, 0.1) is 13.0 Å². The Morgan fingerprint density at radius 3 is 2.85 bits per heavy atom. The van der Waals surface area contributed by atoms with Crippen LogP contribution in [-0.2, 0) is 17.8 Å². The Balaban J connectivity index is 2.04. The Hall–Kier alpha value is -1.94. The van der Waals surface area contributed by atoms with Crippen LogP contribution in [0, 0.1) is 5.82 Å². The minimum atomic E-state index is -0.316. The van der Waals surface area contributed by atoms with Crippen LogP contribution >= 0.6 is 11.3 Å². The molecule has 0 fully saturated rings. The molecule has 2 rings (SSSR count). The molecule has 1 aromatic heterocycles. The quantitative estimate of drug-likeness (QED) is 0.743. The predicted octanol–water partition coefficient (Wildman–Crippen LogP) is 3.64. The van der Waals surface area contributed by atoms with Crippen molar-refractivity contribution in [3.8, 4) is 0 Å². The second-order valence-electron chi connectivity index (χ2n) is 4.45. The first-order valence-corrected chi connectivity index (χ1v) is 7.22. The average molecular weight is 289 g/mol. The molecule has 2 nitrogen and oxygen atoms in total. The van der Waals surface area contributed by atoms with Gasteiger partial charge in [0.2, 0.25) is 5.91 Å². The number of amides is 1. The van der Waals surface area contributed by atoms with Crippen LogP contribution in [0.4, 0.5) is 4.39 Å². The monoisotopic (exact) mass is 289 g/mol. The topological polar surface area (TPSA) is 20.3 Å². The van der Waals surface area contributed by atoms with Crippen LogP contribution < -0.4 is 0 Å². The van der Waals surface area contributed by atoms with Crippen LogP contribution in [0.3, 0.4) is 0 Å². The largest absolute Gasteiger partial charge is 0.334 e. The van der Waals surface area contributed by atoms with Gasteiger partial charge in [0, 0.05) is 11.4 Å². The molecule has 0 bridgehead atoms. The summed E-state index contributed by atoms with van der Waals surface area (Å²) in [4.78, 5) is 15.2. The van der Waals surface area contributed by atoms with Crippen molar-refractivity contribution >= 4 is 17.2 Å². The van der Waals surface area contributed by atoms with Crippen molar-refractivity contribution in [3.63, 3.8) is 0 Å². The molecule has 1 aromatic carbocycles. The van der Waals surface area contributed by atoms with Gasteiger partial charge in [0.1, 0.15) is 5.82 Å². The molecule has 0 aliphatic carbocycles. The fraction of sp³-hybridized carbons (Fsp3) is 0.188. The van der Waals surface area contributed by atoms with Crippen molar-refractivity contribution in [2.24, 2.45) is 0 Å². The van der Waals surface area contributed by atoms with E-state index in [2.05, 4.69) is 6.58 Å². The molecular formula is C16H16FNOS. The summed E-state index contributed by atoms with van der Waals surface area (Å²) in [6, 6.07) is 10.1. The zero-order valence-corrected chi connectivity index (χ0v) is 11.9. The highest BCUT2D eigenvalue weighted by Crippen LogP contribution is 2.13. The molecule has 0 N–H and O–H groups in total. The molecule has 0 spiro atoms. The maximum absolute atomic E-state index is 13.1. The maximum Gasteiger partial charge on any atom is 0.227 e. The summed E-state index contributed by atoms with van der Waals surface area (Å²) in [7, 11) is 0. The lowest BCUT2D eigenvalue weighted by atomic mass is 10.1. The van der Waals surface area contributed by atoms with Crippen molar-refractivity contribution in [1.82, 2.24) is 4.90 Å². The fourth-order valence-corrected chi connectivity index (χ4v) is 2.65. The molecule has 0 saturated heterocycles. The first kappa shape index (κ1) is 14.5. The van der Waals surface area contributed by atoms with Gasteiger partial charge in [-0.1, -0.05) is 24.3 Å². The smallest absolute Gasteiger partial charge is 0.227 e. The summed E-state index contributed by atoms with van der Waals surface area (Å²) < 4.78 is 13.1. The zero-order valence-electron chi connectivity index (χ0n) is 11.1. The van der Waals surface area contributed by atoms with E-state index in [9.17, 15) is 9.18 Å². The van der Waals surface area contributed by atoms with Crippen molar-refractivity contribution < 1.29 is 9.18 Å². The Kier molecular flexibility index (Phi) is 5.07. The number of carbonyl (C=O) groups excluding carboxylic acids is 1. The van der Waals surface area contributed by atoms with Crippen molar-refractivity contribution in [2.75, 3.05) is 6.54 Å². The third-order valence-electron chi connectivity index (χ3n) is 2.87. The minimum Gasteiger partial charge on any atom is -0.334 e. The van der Waals surface area contributed by atoms with Crippen LogP contribution in [0.25, 0.3) is 0 Å². The van der Waals surface area contributed by atoms with Gasteiger partial charge in [0.25, 0.3) is 0 Å². The van der Waals surface area contributed by atoms with Gasteiger partial charge < -0.3 is 4.90 Å². The molecule has 0 aliphatic rings. The Bertz CT molecular complexity index is 580. The van der Waals surface area contributed by atoms with Gasteiger partial charge in [-0.25, -0.2) is 4.39 Å². The molecule has 2 aromatic rings. The number of hydrogen-bond acceptors (Lipinski definition) is 2. The number of benzene rings is 1. The molecule has 0 radical (unpaired) electrons. The van der Waals surface area contributed by atoms with E-state index in [1.165, 1.54) is 12.1 Å². The number of nitrogens with zero attached hydrogens (tertiary/aromatic N) is 1. The van der Waals surface area contributed by atoms with Gasteiger partial charge in [-0.05, 0) is 29.1 Å². The van der Waals surface area contributed by atoms with Gasteiger partial charge in [-0.15, -0.1) is 17.9 Å².